The van der Waals surface area contributed by atoms with E-state index >= 15 is 0 Å². The van der Waals surface area contributed by atoms with Gasteiger partial charge in [-0.05, 0) is 51.6 Å². The van der Waals surface area contributed by atoms with Crippen LogP contribution in [0.15, 0.2) is 5.16 Å². The monoisotopic (exact) mass is 297 g/mol. The number of likely N-dealkylation sites (tertiary alicyclic amines) is 1. The summed E-state index contributed by atoms with van der Waals surface area (Å²) < 4.78 is 11.6. The van der Waals surface area contributed by atoms with Crippen LogP contribution in [0.25, 0.3) is 0 Å². The van der Waals surface area contributed by atoms with Crippen LogP contribution in [0.2, 0.25) is 0 Å². The molecule has 3 N–H and O–H groups in total. The molecule has 1 atom stereocenters. The first-order chi connectivity index (χ1) is 10.2. The Morgan fingerprint density at radius 1 is 1.14 bits per heavy atom. The summed E-state index contributed by atoms with van der Waals surface area (Å²) in [6, 6.07) is 0.616. The largest absolute Gasteiger partial charge is 0.409 e. The van der Waals surface area contributed by atoms with Gasteiger partial charge >= 0.3 is 0 Å². The Balaban J connectivity index is 1.55. The Bertz CT molecular complexity index is 369. The van der Waals surface area contributed by atoms with E-state index < -0.39 is 0 Å². The SMILES string of the molecule is NC(=NO)C1CCN(C2CCOC3(CCOCC3)C2)CC1. The highest BCUT2D eigenvalue weighted by atomic mass is 16.5. The first kappa shape index (κ1) is 15.1. The van der Waals surface area contributed by atoms with Gasteiger partial charge in [0.05, 0.1) is 5.60 Å². The third-order valence-electron chi connectivity index (χ3n) is 5.45. The summed E-state index contributed by atoms with van der Waals surface area (Å²) in [6.45, 7) is 4.61. The molecular formula is C15H27N3O3. The van der Waals surface area contributed by atoms with E-state index in [0.717, 1.165) is 71.4 Å². The first-order valence-corrected chi connectivity index (χ1v) is 8.16. The van der Waals surface area contributed by atoms with Crippen molar-refractivity contribution >= 4 is 5.84 Å². The summed E-state index contributed by atoms with van der Waals surface area (Å²) in [6.07, 6.45) is 6.29. The zero-order valence-electron chi connectivity index (χ0n) is 12.7. The predicted molar refractivity (Wildman–Crippen MR) is 79.5 cm³/mol. The number of piperidine rings is 1. The normalized spacial score (nSPS) is 32.4. The van der Waals surface area contributed by atoms with Gasteiger partial charge in [0.1, 0.15) is 5.84 Å². The second-order valence-electron chi connectivity index (χ2n) is 6.63. The molecule has 3 aliphatic rings. The lowest BCUT2D eigenvalue weighted by atomic mass is 9.82. The molecule has 120 valence electrons. The predicted octanol–water partition coefficient (Wildman–Crippen LogP) is 1.17. The molecule has 0 aromatic carbocycles. The molecule has 0 aromatic heterocycles. The number of nitrogens with two attached hydrogens (primary N) is 1. The van der Waals surface area contributed by atoms with Crippen molar-refractivity contribution in [2.24, 2.45) is 16.8 Å². The summed E-state index contributed by atoms with van der Waals surface area (Å²) in [5.74, 6) is 0.630. The number of ether oxygens (including phenoxy) is 2. The molecule has 1 unspecified atom stereocenters. The average molecular weight is 297 g/mol. The first-order valence-electron chi connectivity index (χ1n) is 8.16. The van der Waals surface area contributed by atoms with E-state index in [9.17, 15) is 0 Å². The maximum Gasteiger partial charge on any atom is 0.142 e. The third kappa shape index (κ3) is 3.33. The molecule has 1 spiro atoms. The number of hydrogen-bond donors (Lipinski definition) is 2. The lowest BCUT2D eigenvalue weighted by Gasteiger charge is -2.47. The highest BCUT2D eigenvalue weighted by Gasteiger charge is 2.41. The van der Waals surface area contributed by atoms with Crippen LogP contribution in [0.1, 0.15) is 38.5 Å². The van der Waals surface area contributed by atoms with Crippen molar-refractivity contribution in [3.63, 3.8) is 0 Å². The molecule has 6 heteroatoms. The molecular weight excluding hydrogens is 270 g/mol. The molecule has 3 aliphatic heterocycles. The maximum atomic E-state index is 8.79. The van der Waals surface area contributed by atoms with Crippen molar-refractivity contribution < 1.29 is 14.7 Å². The lowest BCUT2D eigenvalue weighted by molar-refractivity contribution is -0.152. The van der Waals surface area contributed by atoms with E-state index in [2.05, 4.69) is 10.1 Å². The van der Waals surface area contributed by atoms with Gasteiger partial charge in [0.2, 0.25) is 0 Å². The molecule has 21 heavy (non-hydrogen) atoms. The topological polar surface area (TPSA) is 80.3 Å². The van der Waals surface area contributed by atoms with Gasteiger partial charge in [-0.25, -0.2) is 0 Å². The number of hydrogen-bond acceptors (Lipinski definition) is 5. The molecule has 0 aromatic rings. The van der Waals surface area contributed by atoms with Crippen LogP contribution < -0.4 is 5.73 Å². The van der Waals surface area contributed by atoms with Crippen LogP contribution in [-0.2, 0) is 9.47 Å². The van der Waals surface area contributed by atoms with Crippen LogP contribution >= 0.6 is 0 Å². The van der Waals surface area contributed by atoms with Gasteiger partial charge in [-0.15, -0.1) is 0 Å². The van der Waals surface area contributed by atoms with E-state index in [-0.39, 0.29) is 11.5 Å². The Kier molecular flexibility index (Phi) is 4.66. The summed E-state index contributed by atoms with van der Waals surface area (Å²) >= 11 is 0. The van der Waals surface area contributed by atoms with E-state index in [4.69, 9.17) is 20.4 Å². The Morgan fingerprint density at radius 2 is 1.86 bits per heavy atom. The lowest BCUT2D eigenvalue weighted by Crippen LogP contribution is -2.53. The highest BCUT2D eigenvalue weighted by molar-refractivity contribution is 5.82. The summed E-state index contributed by atoms with van der Waals surface area (Å²) in [7, 11) is 0. The van der Waals surface area contributed by atoms with Crippen molar-refractivity contribution in [3.05, 3.63) is 0 Å². The Labute approximate surface area is 126 Å². The van der Waals surface area contributed by atoms with Gasteiger partial charge in [0.25, 0.3) is 0 Å². The average Bonchev–Trinajstić information content (AvgIpc) is 2.55. The smallest absolute Gasteiger partial charge is 0.142 e. The van der Waals surface area contributed by atoms with Gasteiger partial charge in [0.15, 0.2) is 0 Å². The second-order valence-corrected chi connectivity index (χ2v) is 6.63. The minimum Gasteiger partial charge on any atom is -0.409 e. The van der Waals surface area contributed by atoms with E-state index in [0.29, 0.717) is 11.9 Å². The molecule has 0 saturated carbocycles. The fourth-order valence-electron chi connectivity index (χ4n) is 4.05. The number of oxime groups is 1. The van der Waals surface area contributed by atoms with Crippen molar-refractivity contribution in [3.8, 4) is 0 Å². The van der Waals surface area contributed by atoms with E-state index in [1.54, 1.807) is 0 Å². The minimum atomic E-state index is 0.0591. The van der Waals surface area contributed by atoms with E-state index in [1.807, 2.05) is 0 Å². The van der Waals surface area contributed by atoms with Crippen LogP contribution in [0, 0.1) is 5.92 Å². The third-order valence-corrected chi connectivity index (χ3v) is 5.45. The fourth-order valence-corrected chi connectivity index (χ4v) is 4.05. The van der Waals surface area contributed by atoms with Gasteiger partial charge in [-0.1, -0.05) is 5.16 Å². The number of amidine groups is 1. The number of nitrogens with zero attached hydrogens (tertiary/aromatic N) is 2. The van der Waals surface area contributed by atoms with Crippen LogP contribution in [0.4, 0.5) is 0 Å². The molecule has 0 radical (unpaired) electrons. The van der Waals surface area contributed by atoms with Gasteiger partial charge in [-0.2, -0.15) is 0 Å². The Hall–Kier alpha value is -0.850. The summed E-state index contributed by atoms with van der Waals surface area (Å²) in [5, 5.41) is 11.9. The molecule has 3 fully saturated rings. The molecule has 3 saturated heterocycles. The highest BCUT2D eigenvalue weighted by Crippen LogP contribution is 2.37. The zero-order chi connectivity index (χ0) is 14.7. The Morgan fingerprint density at radius 3 is 2.52 bits per heavy atom. The maximum absolute atomic E-state index is 8.79. The molecule has 3 rings (SSSR count). The van der Waals surface area contributed by atoms with Crippen LogP contribution in [0.3, 0.4) is 0 Å². The van der Waals surface area contributed by atoms with Crippen molar-refractivity contribution in [2.75, 3.05) is 32.9 Å². The van der Waals surface area contributed by atoms with Crippen LogP contribution in [0.5, 0.6) is 0 Å². The standard InChI is InChI=1S/C15H27N3O3/c16-14(17-19)12-1-6-18(7-2-12)13-3-8-21-15(11-13)4-9-20-10-5-15/h12-13,19H,1-11H2,(H2,16,17). The summed E-state index contributed by atoms with van der Waals surface area (Å²) in [5.41, 5.74) is 5.79. The second kappa shape index (κ2) is 6.50. The molecule has 3 heterocycles. The van der Waals surface area contributed by atoms with Crippen molar-refractivity contribution in [1.29, 1.82) is 0 Å². The molecule has 0 aliphatic carbocycles. The molecule has 0 bridgehead atoms. The zero-order valence-corrected chi connectivity index (χ0v) is 12.7. The van der Waals surface area contributed by atoms with Gasteiger partial charge in [-0.3, -0.25) is 0 Å². The van der Waals surface area contributed by atoms with Crippen molar-refractivity contribution in [2.45, 2.75) is 50.2 Å². The minimum absolute atomic E-state index is 0.0591. The van der Waals surface area contributed by atoms with Gasteiger partial charge in [0, 0.05) is 31.8 Å². The van der Waals surface area contributed by atoms with Gasteiger partial charge < -0.3 is 25.3 Å². The fraction of sp³-hybridized carbons (Fsp3) is 0.933. The summed E-state index contributed by atoms with van der Waals surface area (Å²) in [4.78, 5) is 2.58. The quantitative estimate of drug-likeness (QED) is 0.346. The molecule has 6 nitrogen and oxygen atoms in total. The van der Waals surface area contributed by atoms with E-state index in [1.165, 1.54) is 0 Å². The van der Waals surface area contributed by atoms with Crippen molar-refractivity contribution in [1.82, 2.24) is 4.90 Å². The molecule has 0 amide bonds. The van der Waals surface area contributed by atoms with Crippen LogP contribution in [-0.4, -0.2) is 60.5 Å². The number of rotatable bonds is 2.